The van der Waals surface area contributed by atoms with Gasteiger partial charge in [0, 0.05) is 23.5 Å². The third-order valence-corrected chi connectivity index (χ3v) is 4.57. The molecule has 0 aliphatic heterocycles. The van der Waals surface area contributed by atoms with Crippen molar-refractivity contribution in [1.82, 2.24) is 9.55 Å². The molecule has 1 aromatic carbocycles. The van der Waals surface area contributed by atoms with Crippen LogP contribution in [0.25, 0.3) is 16.6 Å². The molecule has 0 aliphatic carbocycles. The van der Waals surface area contributed by atoms with E-state index in [1.807, 2.05) is 41.1 Å². The van der Waals surface area contributed by atoms with Gasteiger partial charge in [-0.2, -0.15) is 0 Å². The van der Waals surface area contributed by atoms with Gasteiger partial charge in [-0.15, -0.1) is 0 Å². The van der Waals surface area contributed by atoms with E-state index in [9.17, 15) is 8.42 Å². The lowest BCUT2D eigenvalue weighted by atomic mass is 10.2. The highest BCUT2D eigenvalue weighted by Crippen LogP contribution is 2.23. The third-order valence-electron chi connectivity index (χ3n) is 3.27. The first kappa shape index (κ1) is 13.6. The van der Waals surface area contributed by atoms with Gasteiger partial charge in [0.15, 0.2) is 0 Å². The van der Waals surface area contributed by atoms with Crippen LogP contribution in [0.3, 0.4) is 0 Å². The summed E-state index contributed by atoms with van der Waals surface area (Å²) >= 11 is 0. The second-order valence-electron chi connectivity index (χ2n) is 4.68. The zero-order valence-corrected chi connectivity index (χ0v) is 12.3. The number of hydrogen-bond donors (Lipinski definition) is 1. The van der Waals surface area contributed by atoms with Crippen LogP contribution in [-0.4, -0.2) is 23.7 Å². The molecule has 0 spiro atoms. The summed E-state index contributed by atoms with van der Waals surface area (Å²) in [5.41, 5.74) is 2.55. The molecular formula is C15H15N3O2S. The standard InChI is InChI=1S/C15H15N3O2S/c1-2-21(19,20)17-13-5-6-15-12(10-13)7-9-18(15)14-4-3-8-16-11-14/h3-11,17H,2H2,1H3. The van der Waals surface area contributed by atoms with Crippen LogP contribution in [0.5, 0.6) is 0 Å². The Morgan fingerprint density at radius 2 is 2.10 bits per heavy atom. The van der Waals surface area contributed by atoms with Crippen LogP contribution in [0.4, 0.5) is 5.69 Å². The van der Waals surface area contributed by atoms with Crippen molar-refractivity contribution in [3.8, 4) is 5.69 Å². The highest BCUT2D eigenvalue weighted by Gasteiger charge is 2.09. The van der Waals surface area contributed by atoms with E-state index in [1.165, 1.54) is 0 Å². The van der Waals surface area contributed by atoms with Gasteiger partial charge >= 0.3 is 0 Å². The molecule has 5 nitrogen and oxygen atoms in total. The van der Waals surface area contributed by atoms with Crippen molar-refractivity contribution >= 4 is 26.6 Å². The summed E-state index contributed by atoms with van der Waals surface area (Å²) in [7, 11) is -3.25. The largest absolute Gasteiger partial charge is 0.315 e. The molecule has 21 heavy (non-hydrogen) atoms. The summed E-state index contributed by atoms with van der Waals surface area (Å²) in [5.74, 6) is 0.0573. The Balaban J connectivity index is 2.02. The third kappa shape index (κ3) is 2.75. The van der Waals surface area contributed by atoms with Crippen LogP contribution in [0.2, 0.25) is 0 Å². The summed E-state index contributed by atoms with van der Waals surface area (Å²) in [4.78, 5) is 4.11. The Morgan fingerprint density at radius 1 is 1.24 bits per heavy atom. The van der Waals surface area contributed by atoms with Crippen molar-refractivity contribution in [1.29, 1.82) is 0 Å². The lowest BCUT2D eigenvalue weighted by molar-refractivity contribution is 0.602. The smallest absolute Gasteiger partial charge is 0.232 e. The molecule has 0 amide bonds. The average Bonchev–Trinajstić information content (AvgIpc) is 2.91. The van der Waals surface area contributed by atoms with Crippen molar-refractivity contribution in [2.75, 3.05) is 10.5 Å². The normalized spacial score (nSPS) is 11.7. The molecule has 0 radical (unpaired) electrons. The molecular weight excluding hydrogens is 286 g/mol. The van der Waals surface area contributed by atoms with Crippen LogP contribution in [0, 0.1) is 0 Å². The van der Waals surface area contributed by atoms with E-state index in [4.69, 9.17) is 0 Å². The minimum Gasteiger partial charge on any atom is -0.315 e. The number of aromatic nitrogens is 2. The highest BCUT2D eigenvalue weighted by atomic mass is 32.2. The second-order valence-corrected chi connectivity index (χ2v) is 6.69. The minimum atomic E-state index is -3.25. The number of rotatable bonds is 4. The van der Waals surface area contributed by atoms with E-state index in [1.54, 1.807) is 25.4 Å². The van der Waals surface area contributed by atoms with E-state index in [-0.39, 0.29) is 5.75 Å². The number of pyridine rings is 1. The molecule has 0 saturated carbocycles. The molecule has 0 aliphatic rings. The topological polar surface area (TPSA) is 64.0 Å². The maximum atomic E-state index is 11.6. The molecule has 108 valence electrons. The van der Waals surface area contributed by atoms with Crippen molar-refractivity contribution in [3.63, 3.8) is 0 Å². The fourth-order valence-corrected chi connectivity index (χ4v) is 2.81. The van der Waals surface area contributed by atoms with Gasteiger partial charge in [-0.25, -0.2) is 8.42 Å². The van der Waals surface area contributed by atoms with Gasteiger partial charge in [0.2, 0.25) is 10.0 Å². The molecule has 2 heterocycles. The van der Waals surface area contributed by atoms with Crippen molar-refractivity contribution in [2.24, 2.45) is 0 Å². The molecule has 1 N–H and O–H groups in total. The maximum Gasteiger partial charge on any atom is 0.232 e. The fraction of sp³-hybridized carbons (Fsp3) is 0.133. The molecule has 0 unspecified atom stereocenters. The van der Waals surface area contributed by atoms with Crippen LogP contribution >= 0.6 is 0 Å². The molecule has 6 heteroatoms. The Bertz CT molecular complexity index is 870. The molecule has 2 aromatic heterocycles. The van der Waals surface area contributed by atoms with Gasteiger partial charge in [0.25, 0.3) is 0 Å². The molecule has 0 saturated heterocycles. The fourth-order valence-electron chi connectivity index (χ4n) is 2.18. The van der Waals surface area contributed by atoms with Gasteiger partial charge in [-0.1, -0.05) is 0 Å². The van der Waals surface area contributed by atoms with Gasteiger partial charge in [-0.05, 0) is 43.3 Å². The lowest BCUT2D eigenvalue weighted by Crippen LogP contribution is -2.14. The van der Waals surface area contributed by atoms with E-state index in [0.29, 0.717) is 5.69 Å². The number of benzene rings is 1. The van der Waals surface area contributed by atoms with E-state index >= 15 is 0 Å². The van der Waals surface area contributed by atoms with Crippen LogP contribution in [0.15, 0.2) is 55.0 Å². The monoisotopic (exact) mass is 301 g/mol. The number of nitrogens with one attached hydrogen (secondary N) is 1. The Morgan fingerprint density at radius 3 is 2.81 bits per heavy atom. The zero-order chi connectivity index (χ0) is 14.9. The molecule has 0 fully saturated rings. The number of hydrogen-bond acceptors (Lipinski definition) is 3. The first-order valence-corrected chi connectivity index (χ1v) is 8.26. The second kappa shape index (κ2) is 5.21. The predicted octanol–water partition coefficient (Wildman–Crippen LogP) is 2.79. The first-order valence-electron chi connectivity index (χ1n) is 6.61. The minimum absolute atomic E-state index is 0.0573. The average molecular weight is 301 g/mol. The van der Waals surface area contributed by atoms with Crippen LogP contribution in [-0.2, 0) is 10.0 Å². The Labute approximate surface area is 123 Å². The summed E-state index contributed by atoms with van der Waals surface area (Å²) in [5, 5.41) is 0.968. The Kier molecular flexibility index (Phi) is 3.39. The van der Waals surface area contributed by atoms with Crippen LogP contribution in [0.1, 0.15) is 6.92 Å². The van der Waals surface area contributed by atoms with Crippen molar-refractivity contribution < 1.29 is 8.42 Å². The van der Waals surface area contributed by atoms with Crippen molar-refractivity contribution in [2.45, 2.75) is 6.92 Å². The molecule has 0 bridgehead atoms. The number of anilines is 1. The maximum absolute atomic E-state index is 11.6. The molecule has 0 atom stereocenters. The molecule has 3 rings (SSSR count). The number of nitrogens with zero attached hydrogens (tertiary/aromatic N) is 2. The Hall–Kier alpha value is -2.34. The van der Waals surface area contributed by atoms with Gasteiger partial charge in [-0.3, -0.25) is 9.71 Å². The SMILES string of the molecule is CCS(=O)(=O)Nc1ccc2c(ccn2-c2cccnc2)c1. The summed E-state index contributed by atoms with van der Waals surface area (Å²) < 4.78 is 27.8. The molecule has 3 aromatic rings. The zero-order valence-electron chi connectivity index (χ0n) is 11.5. The van der Waals surface area contributed by atoms with Crippen LogP contribution < -0.4 is 4.72 Å². The number of sulfonamides is 1. The summed E-state index contributed by atoms with van der Waals surface area (Å²) in [6.07, 6.45) is 5.46. The van der Waals surface area contributed by atoms with Gasteiger partial charge in [0.1, 0.15) is 0 Å². The predicted molar refractivity (Wildman–Crippen MR) is 84.2 cm³/mol. The van der Waals surface area contributed by atoms with Gasteiger partial charge in [0.05, 0.1) is 23.2 Å². The van der Waals surface area contributed by atoms with Crippen molar-refractivity contribution in [3.05, 3.63) is 55.0 Å². The summed E-state index contributed by atoms with van der Waals surface area (Å²) in [6, 6.07) is 11.3. The number of fused-ring (bicyclic) bond motifs is 1. The quantitative estimate of drug-likeness (QED) is 0.806. The van der Waals surface area contributed by atoms with E-state index in [2.05, 4.69) is 9.71 Å². The first-order chi connectivity index (χ1) is 10.1. The summed E-state index contributed by atoms with van der Waals surface area (Å²) in [6.45, 7) is 1.61. The van der Waals surface area contributed by atoms with E-state index in [0.717, 1.165) is 16.6 Å². The van der Waals surface area contributed by atoms with Gasteiger partial charge < -0.3 is 4.57 Å². The lowest BCUT2D eigenvalue weighted by Gasteiger charge is -2.07. The van der Waals surface area contributed by atoms with E-state index < -0.39 is 10.0 Å². The highest BCUT2D eigenvalue weighted by molar-refractivity contribution is 7.92.